The number of piperidine rings is 1. The standard InChI is InChI=1S/C22H25F4N3O/c23-18-8-6-16(7-9-18)15-29-12-10-19(11-13-29)28-20(30)14-27-21(22(24,25)26)17-4-2-1-3-5-17/h1-9,19,21,27H,10-15H2,(H,28,30). The summed E-state index contributed by atoms with van der Waals surface area (Å²) in [5.41, 5.74) is 1.09. The van der Waals surface area contributed by atoms with Gasteiger partial charge in [0.15, 0.2) is 0 Å². The van der Waals surface area contributed by atoms with Gasteiger partial charge in [-0.3, -0.25) is 15.0 Å². The number of carbonyl (C=O) groups excluding carboxylic acids is 1. The Bertz CT molecular complexity index is 803. The number of nitrogens with zero attached hydrogens (tertiary/aromatic N) is 1. The Kier molecular flexibility index (Phi) is 7.44. The third kappa shape index (κ3) is 6.53. The van der Waals surface area contributed by atoms with Crippen LogP contribution < -0.4 is 10.6 Å². The van der Waals surface area contributed by atoms with Crippen molar-refractivity contribution < 1.29 is 22.4 Å². The number of nitrogens with one attached hydrogen (secondary N) is 2. The lowest BCUT2D eigenvalue weighted by Crippen LogP contribution is -2.48. The zero-order chi connectivity index (χ0) is 21.6. The third-order valence-corrected chi connectivity index (χ3v) is 5.20. The fraction of sp³-hybridized carbons (Fsp3) is 0.409. The largest absolute Gasteiger partial charge is 0.407 e. The molecule has 0 aromatic heterocycles. The molecule has 162 valence electrons. The molecule has 1 heterocycles. The number of halogens is 4. The summed E-state index contributed by atoms with van der Waals surface area (Å²) < 4.78 is 53.0. The van der Waals surface area contributed by atoms with Crippen LogP contribution in [0.1, 0.15) is 30.0 Å². The zero-order valence-electron chi connectivity index (χ0n) is 16.5. The maximum Gasteiger partial charge on any atom is 0.407 e. The van der Waals surface area contributed by atoms with Gasteiger partial charge in [0.2, 0.25) is 5.91 Å². The lowest BCUT2D eigenvalue weighted by atomic mass is 10.0. The van der Waals surface area contributed by atoms with Crippen molar-refractivity contribution in [2.75, 3.05) is 19.6 Å². The Labute approximate surface area is 173 Å². The van der Waals surface area contributed by atoms with Gasteiger partial charge in [0.25, 0.3) is 0 Å². The van der Waals surface area contributed by atoms with Gasteiger partial charge in [0.05, 0.1) is 6.54 Å². The van der Waals surface area contributed by atoms with Crippen LogP contribution in [-0.4, -0.2) is 42.7 Å². The Balaban J connectivity index is 1.43. The number of alkyl halides is 3. The average molecular weight is 423 g/mol. The van der Waals surface area contributed by atoms with Crippen LogP contribution in [0.4, 0.5) is 17.6 Å². The lowest BCUT2D eigenvalue weighted by molar-refractivity contribution is -0.158. The molecule has 0 radical (unpaired) electrons. The van der Waals surface area contributed by atoms with Gasteiger partial charge in [-0.15, -0.1) is 0 Å². The number of hydrogen-bond acceptors (Lipinski definition) is 3. The first-order chi connectivity index (χ1) is 14.3. The number of rotatable bonds is 7. The topological polar surface area (TPSA) is 44.4 Å². The average Bonchev–Trinajstić information content (AvgIpc) is 2.71. The minimum Gasteiger partial charge on any atom is -0.352 e. The SMILES string of the molecule is O=C(CNC(c1ccccc1)C(F)(F)F)NC1CCN(Cc2ccc(F)cc2)CC1. The van der Waals surface area contributed by atoms with Crippen LogP contribution in [0.5, 0.6) is 0 Å². The monoisotopic (exact) mass is 423 g/mol. The van der Waals surface area contributed by atoms with E-state index in [0.29, 0.717) is 19.4 Å². The summed E-state index contributed by atoms with van der Waals surface area (Å²) in [7, 11) is 0. The molecule has 1 saturated heterocycles. The predicted molar refractivity (Wildman–Crippen MR) is 106 cm³/mol. The van der Waals surface area contributed by atoms with E-state index in [-0.39, 0.29) is 17.4 Å². The first-order valence-corrected chi connectivity index (χ1v) is 9.92. The molecule has 0 aliphatic carbocycles. The second kappa shape index (κ2) is 10.0. The molecule has 2 aromatic rings. The molecule has 1 aliphatic rings. The summed E-state index contributed by atoms with van der Waals surface area (Å²) >= 11 is 0. The molecule has 0 saturated carbocycles. The highest BCUT2D eigenvalue weighted by molar-refractivity contribution is 5.78. The van der Waals surface area contributed by atoms with Crippen LogP contribution in [-0.2, 0) is 11.3 Å². The van der Waals surface area contributed by atoms with Gasteiger partial charge in [0.1, 0.15) is 11.9 Å². The molecule has 0 spiro atoms. The van der Waals surface area contributed by atoms with Crippen molar-refractivity contribution in [3.63, 3.8) is 0 Å². The van der Waals surface area contributed by atoms with Gasteiger partial charge in [-0.2, -0.15) is 13.2 Å². The van der Waals surface area contributed by atoms with Crippen molar-refractivity contribution in [3.05, 3.63) is 71.5 Å². The van der Waals surface area contributed by atoms with E-state index in [1.807, 2.05) is 0 Å². The first kappa shape index (κ1) is 22.2. The third-order valence-electron chi connectivity index (χ3n) is 5.20. The van der Waals surface area contributed by atoms with E-state index in [0.717, 1.165) is 18.7 Å². The summed E-state index contributed by atoms with van der Waals surface area (Å²) in [6.07, 6.45) is -3.06. The van der Waals surface area contributed by atoms with Crippen LogP contribution >= 0.6 is 0 Å². The first-order valence-electron chi connectivity index (χ1n) is 9.92. The molecule has 1 aliphatic heterocycles. The van der Waals surface area contributed by atoms with E-state index >= 15 is 0 Å². The van der Waals surface area contributed by atoms with Crippen LogP contribution in [0.25, 0.3) is 0 Å². The summed E-state index contributed by atoms with van der Waals surface area (Å²) in [6.45, 7) is 1.80. The van der Waals surface area contributed by atoms with E-state index in [4.69, 9.17) is 0 Å². The van der Waals surface area contributed by atoms with Gasteiger partial charge >= 0.3 is 6.18 Å². The van der Waals surface area contributed by atoms with Crippen LogP contribution in [0.2, 0.25) is 0 Å². The molecular weight excluding hydrogens is 398 g/mol. The Morgan fingerprint density at radius 2 is 1.67 bits per heavy atom. The van der Waals surface area contributed by atoms with Crippen LogP contribution in [0.3, 0.4) is 0 Å². The minimum absolute atomic E-state index is 0.0650. The van der Waals surface area contributed by atoms with Gasteiger partial charge in [-0.05, 0) is 36.1 Å². The molecule has 0 bridgehead atoms. The highest BCUT2D eigenvalue weighted by atomic mass is 19.4. The van der Waals surface area contributed by atoms with Crippen LogP contribution in [0, 0.1) is 5.82 Å². The molecule has 8 heteroatoms. The van der Waals surface area contributed by atoms with E-state index in [9.17, 15) is 22.4 Å². The number of hydrogen-bond donors (Lipinski definition) is 2. The summed E-state index contributed by atoms with van der Waals surface area (Å²) in [4.78, 5) is 14.4. The number of benzene rings is 2. The zero-order valence-corrected chi connectivity index (χ0v) is 16.5. The van der Waals surface area contributed by atoms with E-state index in [1.54, 1.807) is 18.2 Å². The van der Waals surface area contributed by atoms with Crippen molar-refractivity contribution in [3.8, 4) is 0 Å². The van der Waals surface area contributed by atoms with E-state index in [2.05, 4.69) is 15.5 Å². The second-order valence-corrected chi connectivity index (χ2v) is 7.51. The summed E-state index contributed by atoms with van der Waals surface area (Å²) in [5.74, 6) is -0.717. The smallest absolute Gasteiger partial charge is 0.352 e. The quantitative estimate of drug-likeness (QED) is 0.666. The summed E-state index contributed by atoms with van der Waals surface area (Å²) in [5, 5.41) is 5.16. The normalized spacial score (nSPS) is 16.9. The molecule has 3 rings (SSSR count). The van der Waals surface area contributed by atoms with Gasteiger partial charge in [-0.1, -0.05) is 42.5 Å². The number of carbonyl (C=O) groups is 1. The van der Waals surface area contributed by atoms with Crippen molar-refractivity contribution in [1.82, 2.24) is 15.5 Å². The van der Waals surface area contributed by atoms with Crippen molar-refractivity contribution in [2.45, 2.75) is 37.6 Å². The molecule has 4 nitrogen and oxygen atoms in total. The Morgan fingerprint density at radius 3 is 2.27 bits per heavy atom. The fourth-order valence-corrected chi connectivity index (χ4v) is 3.62. The van der Waals surface area contributed by atoms with Crippen LogP contribution in [0.15, 0.2) is 54.6 Å². The highest BCUT2D eigenvalue weighted by Gasteiger charge is 2.40. The van der Waals surface area contributed by atoms with E-state index in [1.165, 1.54) is 36.4 Å². The van der Waals surface area contributed by atoms with Gasteiger partial charge in [0, 0.05) is 25.7 Å². The van der Waals surface area contributed by atoms with Crippen molar-refractivity contribution >= 4 is 5.91 Å². The minimum atomic E-state index is -4.49. The van der Waals surface area contributed by atoms with Gasteiger partial charge in [-0.25, -0.2) is 4.39 Å². The number of amides is 1. The van der Waals surface area contributed by atoms with Gasteiger partial charge < -0.3 is 5.32 Å². The molecular formula is C22H25F4N3O. The predicted octanol–water partition coefficient (Wildman–Crippen LogP) is 3.80. The maximum absolute atomic E-state index is 13.3. The fourth-order valence-electron chi connectivity index (χ4n) is 3.62. The molecule has 1 fully saturated rings. The van der Waals surface area contributed by atoms with Crippen molar-refractivity contribution in [1.29, 1.82) is 0 Å². The molecule has 1 atom stereocenters. The Hall–Kier alpha value is -2.45. The lowest BCUT2D eigenvalue weighted by Gasteiger charge is -2.32. The van der Waals surface area contributed by atoms with Crippen molar-refractivity contribution in [2.24, 2.45) is 0 Å². The molecule has 2 N–H and O–H groups in total. The molecule has 1 amide bonds. The molecule has 2 aromatic carbocycles. The van der Waals surface area contributed by atoms with E-state index < -0.39 is 24.7 Å². The maximum atomic E-state index is 13.3. The molecule has 1 unspecified atom stereocenters. The second-order valence-electron chi connectivity index (χ2n) is 7.51. The summed E-state index contributed by atoms with van der Waals surface area (Å²) in [6, 6.07) is 11.9. The highest BCUT2D eigenvalue weighted by Crippen LogP contribution is 2.32. The molecule has 30 heavy (non-hydrogen) atoms. The Morgan fingerprint density at radius 1 is 1.03 bits per heavy atom. The number of likely N-dealkylation sites (tertiary alicyclic amines) is 1.